The third-order valence-corrected chi connectivity index (χ3v) is 6.47. The van der Waals surface area contributed by atoms with Crippen molar-refractivity contribution in [2.24, 2.45) is 11.8 Å². The lowest BCUT2D eigenvalue weighted by Crippen LogP contribution is -2.53. The average molecular weight is 531 g/mol. The van der Waals surface area contributed by atoms with Crippen LogP contribution in [0.5, 0.6) is 0 Å². The molecule has 3 N–H and O–H groups in total. The third-order valence-electron chi connectivity index (χ3n) is 6.47. The summed E-state index contributed by atoms with van der Waals surface area (Å²) in [6, 6.07) is 6.30. The number of nitrogens with one attached hydrogen (secondary N) is 3. The van der Waals surface area contributed by atoms with E-state index in [0.717, 1.165) is 0 Å². The number of hydrogen-bond donors (Lipinski definition) is 3. The molecule has 38 heavy (non-hydrogen) atoms. The Morgan fingerprint density at radius 1 is 0.947 bits per heavy atom. The summed E-state index contributed by atoms with van der Waals surface area (Å²) in [5, 5.41) is 8.38. The van der Waals surface area contributed by atoms with E-state index in [0.29, 0.717) is 44.0 Å². The summed E-state index contributed by atoms with van der Waals surface area (Å²) < 4.78 is 5.34. The molecule has 212 valence electrons. The highest BCUT2D eigenvalue weighted by Gasteiger charge is 2.33. The van der Waals surface area contributed by atoms with Gasteiger partial charge in [0.15, 0.2) is 0 Å². The summed E-state index contributed by atoms with van der Waals surface area (Å²) in [6.45, 7) is 16.0. The van der Waals surface area contributed by atoms with Crippen LogP contribution in [0, 0.1) is 11.8 Å². The molecule has 4 amide bonds. The van der Waals surface area contributed by atoms with E-state index in [1.54, 1.807) is 32.6 Å². The van der Waals surface area contributed by atoms with E-state index in [1.165, 1.54) is 5.56 Å². The quantitative estimate of drug-likeness (QED) is 0.437. The fraction of sp³-hybridized carbons (Fsp3) is 0.655. The maximum absolute atomic E-state index is 13.2. The van der Waals surface area contributed by atoms with Gasteiger partial charge in [-0.15, -0.1) is 0 Å². The molecule has 0 spiro atoms. The molecule has 1 aliphatic rings. The van der Waals surface area contributed by atoms with Crippen molar-refractivity contribution in [1.29, 1.82) is 0 Å². The summed E-state index contributed by atoms with van der Waals surface area (Å²) in [4.78, 5) is 52.7. The van der Waals surface area contributed by atoms with Crippen molar-refractivity contribution in [2.45, 2.75) is 98.3 Å². The number of piperidine rings is 1. The SMILES string of the molecule is CC(C)CC(NC(=O)OC(C)(C)C)C(=O)N1CCC(C(=O)NC(C)C(=O)Nc2ccc(C(C)C)cc2)CC1. The number of likely N-dealkylation sites (tertiary alicyclic amines) is 1. The number of nitrogens with zero attached hydrogens (tertiary/aromatic N) is 1. The molecule has 1 aromatic rings. The Kier molecular flexibility index (Phi) is 11.2. The Balaban J connectivity index is 1.87. The summed E-state index contributed by atoms with van der Waals surface area (Å²) in [5.74, 6) is -0.333. The van der Waals surface area contributed by atoms with E-state index < -0.39 is 23.8 Å². The maximum atomic E-state index is 13.2. The molecule has 1 aliphatic heterocycles. The second kappa shape index (κ2) is 13.6. The van der Waals surface area contributed by atoms with Crippen LogP contribution in [-0.4, -0.2) is 59.5 Å². The highest BCUT2D eigenvalue weighted by molar-refractivity contribution is 5.97. The summed E-state index contributed by atoms with van der Waals surface area (Å²) in [5.41, 5.74) is 1.21. The Morgan fingerprint density at radius 2 is 1.53 bits per heavy atom. The number of carbonyl (C=O) groups is 4. The molecular formula is C29H46N4O5. The van der Waals surface area contributed by atoms with Crippen molar-refractivity contribution in [1.82, 2.24) is 15.5 Å². The van der Waals surface area contributed by atoms with Crippen molar-refractivity contribution >= 4 is 29.5 Å². The summed E-state index contributed by atoms with van der Waals surface area (Å²) in [7, 11) is 0. The van der Waals surface area contributed by atoms with Crippen LogP contribution in [0.2, 0.25) is 0 Å². The van der Waals surface area contributed by atoms with Gasteiger partial charge in [-0.2, -0.15) is 0 Å². The molecule has 1 aromatic carbocycles. The minimum absolute atomic E-state index is 0.167. The molecule has 0 aliphatic carbocycles. The van der Waals surface area contributed by atoms with Gasteiger partial charge in [0.1, 0.15) is 17.7 Å². The molecule has 0 radical (unpaired) electrons. The first-order valence-electron chi connectivity index (χ1n) is 13.7. The normalized spacial score (nSPS) is 16.1. The Morgan fingerprint density at radius 3 is 2.03 bits per heavy atom. The van der Waals surface area contributed by atoms with E-state index in [2.05, 4.69) is 29.8 Å². The minimum Gasteiger partial charge on any atom is -0.444 e. The maximum Gasteiger partial charge on any atom is 0.408 e. The van der Waals surface area contributed by atoms with Crippen LogP contribution < -0.4 is 16.0 Å². The van der Waals surface area contributed by atoms with E-state index in [4.69, 9.17) is 4.74 Å². The standard InChI is InChI=1S/C29H46N4O5/c1-18(2)17-24(32-28(37)38-29(6,7)8)27(36)33-15-13-22(14-16-33)26(35)30-20(5)25(34)31-23-11-9-21(10-12-23)19(3)4/h9-12,18-20,22,24H,13-17H2,1-8H3,(H,30,35)(H,31,34)(H,32,37). The number of benzene rings is 1. The van der Waals surface area contributed by atoms with Crippen molar-refractivity contribution in [3.63, 3.8) is 0 Å². The smallest absolute Gasteiger partial charge is 0.408 e. The second-order valence-corrected chi connectivity index (χ2v) is 11.9. The Hall–Kier alpha value is -3.10. The number of carbonyl (C=O) groups excluding carboxylic acids is 4. The molecule has 2 atom stereocenters. The Labute approximate surface area is 227 Å². The molecule has 0 bridgehead atoms. The minimum atomic E-state index is -0.694. The van der Waals surface area contributed by atoms with Crippen molar-refractivity contribution in [2.75, 3.05) is 18.4 Å². The van der Waals surface area contributed by atoms with Crippen molar-refractivity contribution in [3.05, 3.63) is 29.8 Å². The first-order valence-corrected chi connectivity index (χ1v) is 13.7. The zero-order valence-corrected chi connectivity index (χ0v) is 24.2. The molecule has 0 aromatic heterocycles. The molecule has 1 saturated heterocycles. The van der Waals surface area contributed by atoms with E-state index in [1.807, 2.05) is 38.1 Å². The fourth-order valence-corrected chi connectivity index (χ4v) is 4.32. The third kappa shape index (κ3) is 9.99. The zero-order valence-electron chi connectivity index (χ0n) is 24.2. The predicted molar refractivity (Wildman–Crippen MR) is 149 cm³/mol. The van der Waals surface area contributed by atoms with Gasteiger partial charge in [0.2, 0.25) is 17.7 Å². The van der Waals surface area contributed by atoms with Gasteiger partial charge in [-0.25, -0.2) is 4.79 Å². The monoisotopic (exact) mass is 530 g/mol. The molecule has 2 unspecified atom stereocenters. The van der Waals surface area contributed by atoms with Crippen molar-refractivity contribution < 1.29 is 23.9 Å². The zero-order chi connectivity index (χ0) is 28.6. The van der Waals surface area contributed by atoms with Gasteiger partial charge >= 0.3 is 6.09 Å². The van der Waals surface area contributed by atoms with Crippen LogP contribution in [-0.2, 0) is 19.1 Å². The van der Waals surface area contributed by atoms with Crippen molar-refractivity contribution in [3.8, 4) is 0 Å². The number of ether oxygens (including phenoxy) is 1. The number of alkyl carbamates (subject to hydrolysis) is 1. The van der Waals surface area contributed by atoms with Gasteiger partial charge in [0, 0.05) is 24.7 Å². The van der Waals surface area contributed by atoms with Gasteiger partial charge in [0.25, 0.3) is 0 Å². The average Bonchev–Trinajstić information content (AvgIpc) is 2.82. The van der Waals surface area contributed by atoms with E-state index in [-0.39, 0.29) is 29.6 Å². The van der Waals surface area contributed by atoms with Gasteiger partial charge < -0.3 is 25.6 Å². The number of anilines is 1. The topological polar surface area (TPSA) is 117 Å². The van der Waals surface area contributed by atoms with Gasteiger partial charge in [-0.1, -0.05) is 39.8 Å². The van der Waals surface area contributed by atoms with E-state index in [9.17, 15) is 19.2 Å². The largest absolute Gasteiger partial charge is 0.444 e. The highest BCUT2D eigenvalue weighted by Crippen LogP contribution is 2.21. The van der Waals surface area contributed by atoms with Crippen LogP contribution in [0.3, 0.4) is 0 Å². The molecular weight excluding hydrogens is 484 g/mol. The van der Waals surface area contributed by atoms with Crippen LogP contribution in [0.15, 0.2) is 24.3 Å². The van der Waals surface area contributed by atoms with Gasteiger partial charge in [-0.05, 0) is 76.5 Å². The van der Waals surface area contributed by atoms with Crippen LogP contribution in [0.1, 0.15) is 86.1 Å². The number of hydrogen-bond acceptors (Lipinski definition) is 5. The molecule has 9 heteroatoms. The number of amides is 4. The number of rotatable bonds is 9. The van der Waals surface area contributed by atoms with Gasteiger partial charge in [0.05, 0.1) is 0 Å². The summed E-state index contributed by atoms with van der Waals surface area (Å²) >= 11 is 0. The van der Waals surface area contributed by atoms with Gasteiger partial charge in [-0.3, -0.25) is 14.4 Å². The van der Waals surface area contributed by atoms with Crippen LogP contribution in [0.25, 0.3) is 0 Å². The lowest BCUT2D eigenvalue weighted by molar-refractivity contribution is -0.138. The van der Waals surface area contributed by atoms with Crippen LogP contribution in [0.4, 0.5) is 10.5 Å². The fourth-order valence-electron chi connectivity index (χ4n) is 4.32. The Bertz CT molecular complexity index is 960. The molecule has 9 nitrogen and oxygen atoms in total. The highest BCUT2D eigenvalue weighted by atomic mass is 16.6. The van der Waals surface area contributed by atoms with E-state index >= 15 is 0 Å². The summed E-state index contributed by atoms with van der Waals surface area (Å²) in [6.07, 6.45) is 0.854. The molecule has 0 saturated carbocycles. The second-order valence-electron chi connectivity index (χ2n) is 11.9. The van der Waals surface area contributed by atoms with Crippen LogP contribution >= 0.6 is 0 Å². The predicted octanol–water partition coefficient (Wildman–Crippen LogP) is 4.43. The molecule has 1 fully saturated rings. The lowest BCUT2D eigenvalue weighted by atomic mass is 9.94. The first kappa shape index (κ1) is 31.1. The lowest BCUT2D eigenvalue weighted by Gasteiger charge is -2.34. The first-order chi connectivity index (χ1) is 17.7. The molecule has 1 heterocycles. The molecule has 2 rings (SSSR count).